The molecule has 0 spiro atoms. The Bertz CT molecular complexity index is 1260. The van der Waals surface area contributed by atoms with E-state index < -0.39 is 12.0 Å². The molecular weight excluding hydrogens is 467 g/mol. The Morgan fingerprint density at radius 1 is 0.946 bits per heavy atom. The van der Waals surface area contributed by atoms with Gasteiger partial charge in [-0.15, -0.1) is 0 Å². The molecular formula is C31H33FN2O3. The zero-order valence-electron chi connectivity index (χ0n) is 21.6. The van der Waals surface area contributed by atoms with Gasteiger partial charge in [0.2, 0.25) is 5.91 Å². The standard InChI is InChI=1S/C31H33FN2O3/c1-20-16-21(2)18-33(17-20)31(36)28-26-6-4-5-7-27(26)30(35)34(19-22-8-12-24(32)13-9-22)29(28)23-10-14-25(37-3)15-11-23/h4-15,20-21,28-29H,16-19H2,1-3H3/t20-,21+,28-,29+/m0/s1. The third-order valence-electron chi connectivity index (χ3n) is 7.61. The number of ether oxygens (including phenoxy) is 1. The van der Waals surface area contributed by atoms with Crippen LogP contribution in [0.25, 0.3) is 0 Å². The van der Waals surface area contributed by atoms with E-state index in [1.54, 1.807) is 30.2 Å². The minimum Gasteiger partial charge on any atom is -0.497 e. The molecule has 3 aromatic rings. The Hall–Kier alpha value is -3.67. The number of likely N-dealkylation sites (tertiary alicyclic amines) is 1. The van der Waals surface area contributed by atoms with E-state index in [1.807, 2.05) is 47.4 Å². The molecule has 0 aromatic heterocycles. The molecule has 1 fully saturated rings. The van der Waals surface area contributed by atoms with Gasteiger partial charge in [-0.3, -0.25) is 9.59 Å². The zero-order valence-corrected chi connectivity index (χ0v) is 21.6. The molecule has 0 radical (unpaired) electrons. The van der Waals surface area contributed by atoms with Crippen molar-refractivity contribution in [2.45, 2.75) is 38.8 Å². The lowest BCUT2D eigenvalue weighted by Gasteiger charge is -2.45. The molecule has 0 unspecified atom stereocenters. The van der Waals surface area contributed by atoms with E-state index in [0.717, 1.165) is 23.1 Å². The number of methoxy groups -OCH3 is 1. The first-order chi connectivity index (χ1) is 17.9. The molecule has 2 heterocycles. The first kappa shape index (κ1) is 25.0. The van der Waals surface area contributed by atoms with Gasteiger partial charge in [-0.1, -0.05) is 56.3 Å². The van der Waals surface area contributed by atoms with Crippen LogP contribution in [-0.2, 0) is 11.3 Å². The van der Waals surface area contributed by atoms with Crippen molar-refractivity contribution in [3.63, 3.8) is 0 Å². The van der Waals surface area contributed by atoms with Gasteiger partial charge in [0, 0.05) is 25.2 Å². The van der Waals surface area contributed by atoms with Gasteiger partial charge >= 0.3 is 0 Å². The van der Waals surface area contributed by atoms with Crippen LogP contribution in [0.3, 0.4) is 0 Å². The third kappa shape index (κ3) is 4.97. The van der Waals surface area contributed by atoms with Crippen LogP contribution in [-0.4, -0.2) is 41.8 Å². The molecule has 2 amide bonds. The van der Waals surface area contributed by atoms with Crippen molar-refractivity contribution in [3.05, 3.63) is 101 Å². The molecule has 5 rings (SSSR count). The van der Waals surface area contributed by atoms with Gasteiger partial charge in [0.25, 0.3) is 5.91 Å². The fourth-order valence-electron chi connectivity index (χ4n) is 6.03. The smallest absolute Gasteiger partial charge is 0.255 e. The summed E-state index contributed by atoms with van der Waals surface area (Å²) in [6, 6.07) is 20.7. The fourth-order valence-corrected chi connectivity index (χ4v) is 6.03. The quantitative estimate of drug-likeness (QED) is 0.444. The molecule has 6 heteroatoms. The number of piperidine rings is 1. The summed E-state index contributed by atoms with van der Waals surface area (Å²) in [7, 11) is 1.61. The van der Waals surface area contributed by atoms with Crippen LogP contribution in [0.2, 0.25) is 0 Å². The lowest BCUT2D eigenvalue weighted by Crippen LogP contribution is -2.50. The van der Waals surface area contributed by atoms with E-state index in [1.165, 1.54) is 12.1 Å². The SMILES string of the molecule is COc1ccc([C@@H]2[C@@H](C(=O)N3C[C@H](C)C[C@H](C)C3)c3ccccc3C(=O)N2Cc2ccc(F)cc2)cc1. The van der Waals surface area contributed by atoms with E-state index in [2.05, 4.69) is 13.8 Å². The van der Waals surface area contributed by atoms with Crippen LogP contribution in [0, 0.1) is 17.7 Å². The number of nitrogens with zero attached hydrogens (tertiary/aromatic N) is 2. The normalized spacial score (nSPS) is 23.5. The van der Waals surface area contributed by atoms with Gasteiger partial charge in [-0.25, -0.2) is 4.39 Å². The number of hydrogen-bond donors (Lipinski definition) is 0. The summed E-state index contributed by atoms with van der Waals surface area (Å²) in [5.41, 5.74) is 2.98. The monoisotopic (exact) mass is 500 g/mol. The molecule has 0 saturated carbocycles. The van der Waals surface area contributed by atoms with Gasteiger partial charge in [0.1, 0.15) is 11.6 Å². The Kier molecular flexibility index (Phi) is 7.00. The van der Waals surface area contributed by atoms with Crippen molar-refractivity contribution in [1.29, 1.82) is 0 Å². The maximum atomic E-state index is 14.4. The maximum Gasteiger partial charge on any atom is 0.255 e. The highest BCUT2D eigenvalue weighted by atomic mass is 19.1. The van der Waals surface area contributed by atoms with Gasteiger partial charge in [-0.2, -0.15) is 0 Å². The number of rotatable bonds is 5. The number of amides is 2. The van der Waals surface area contributed by atoms with Crippen molar-refractivity contribution in [1.82, 2.24) is 9.80 Å². The lowest BCUT2D eigenvalue weighted by molar-refractivity contribution is -0.137. The average molecular weight is 501 g/mol. The first-order valence-electron chi connectivity index (χ1n) is 12.9. The summed E-state index contributed by atoms with van der Waals surface area (Å²) in [6.07, 6.45) is 1.10. The Labute approximate surface area is 217 Å². The van der Waals surface area contributed by atoms with Crippen LogP contribution in [0.1, 0.15) is 59.3 Å². The molecule has 2 aliphatic heterocycles. The van der Waals surface area contributed by atoms with Crippen LogP contribution in [0.4, 0.5) is 4.39 Å². The number of fused-ring (bicyclic) bond motifs is 1. The summed E-state index contributed by atoms with van der Waals surface area (Å²) < 4.78 is 19.0. The predicted octanol–water partition coefficient (Wildman–Crippen LogP) is 5.82. The Morgan fingerprint density at radius 3 is 2.24 bits per heavy atom. The van der Waals surface area contributed by atoms with E-state index in [0.29, 0.717) is 36.2 Å². The van der Waals surface area contributed by atoms with Gasteiger partial charge in [0.15, 0.2) is 0 Å². The van der Waals surface area contributed by atoms with Crippen molar-refractivity contribution >= 4 is 11.8 Å². The minimum atomic E-state index is -0.555. The number of benzene rings is 3. The largest absolute Gasteiger partial charge is 0.497 e. The van der Waals surface area contributed by atoms with Crippen LogP contribution in [0.15, 0.2) is 72.8 Å². The Morgan fingerprint density at radius 2 is 1.59 bits per heavy atom. The summed E-state index contributed by atoms with van der Waals surface area (Å²) >= 11 is 0. The molecule has 0 bridgehead atoms. The van der Waals surface area contributed by atoms with Crippen molar-refractivity contribution in [2.75, 3.05) is 20.2 Å². The third-order valence-corrected chi connectivity index (χ3v) is 7.61. The first-order valence-corrected chi connectivity index (χ1v) is 12.9. The molecule has 0 N–H and O–H groups in total. The summed E-state index contributed by atoms with van der Waals surface area (Å²) in [5, 5.41) is 0. The second-order valence-electron chi connectivity index (χ2n) is 10.5. The number of halogens is 1. The van der Waals surface area contributed by atoms with Gasteiger partial charge < -0.3 is 14.5 Å². The molecule has 4 atom stereocenters. The molecule has 1 saturated heterocycles. The Balaban J connectivity index is 1.64. The van der Waals surface area contributed by atoms with Gasteiger partial charge in [-0.05, 0) is 65.3 Å². The molecule has 3 aromatic carbocycles. The van der Waals surface area contributed by atoms with Crippen LogP contribution in [0.5, 0.6) is 5.75 Å². The van der Waals surface area contributed by atoms with Crippen LogP contribution < -0.4 is 4.74 Å². The van der Waals surface area contributed by atoms with E-state index in [4.69, 9.17) is 4.74 Å². The summed E-state index contributed by atoms with van der Waals surface area (Å²) in [5.74, 6) is 0.574. The van der Waals surface area contributed by atoms with Crippen molar-refractivity contribution in [2.24, 2.45) is 11.8 Å². The number of hydrogen-bond acceptors (Lipinski definition) is 3. The molecule has 5 nitrogen and oxygen atoms in total. The topological polar surface area (TPSA) is 49.9 Å². The summed E-state index contributed by atoms with van der Waals surface area (Å²) in [6.45, 7) is 6.07. The highest BCUT2D eigenvalue weighted by molar-refractivity contribution is 6.01. The summed E-state index contributed by atoms with van der Waals surface area (Å²) in [4.78, 5) is 32.1. The predicted molar refractivity (Wildman–Crippen MR) is 141 cm³/mol. The molecule has 37 heavy (non-hydrogen) atoms. The zero-order chi connectivity index (χ0) is 26.1. The lowest BCUT2D eigenvalue weighted by atomic mass is 9.78. The molecule has 0 aliphatic carbocycles. The van der Waals surface area contributed by atoms with Crippen molar-refractivity contribution in [3.8, 4) is 5.75 Å². The highest BCUT2D eigenvalue weighted by Gasteiger charge is 2.46. The number of carbonyl (C=O) groups excluding carboxylic acids is 2. The van der Waals surface area contributed by atoms with Crippen LogP contribution >= 0.6 is 0 Å². The molecule has 2 aliphatic rings. The number of carbonyl (C=O) groups is 2. The second-order valence-corrected chi connectivity index (χ2v) is 10.5. The second kappa shape index (κ2) is 10.4. The van der Waals surface area contributed by atoms with Crippen molar-refractivity contribution < 1.29 is 18.7 Å². The van der Waals surface area contributed by atoms with Gasteiger partial charge in [0.05, 0.1) is 19.1 Å². The van der Waals surface area contributed by atoms with E-state index in [-0.39, 0.29) is 24.2 Å². The van der Waals surface area contributed by atoms with E-state index in [9.17, 15) is 14.0 Å². The maximum absolute atomic E-state index is 14.4. The highest BCUT2D eigenvalue weighted by Crippen LogP contribution is 2.45. The molecule has 192 valence electrons. The minimum absolute atomic E-state index is 0.0447. The fraction of sp³-hybridized carbons (Fsp3) is 0.355. The average Bonchev–Trinajstić information content (AvgIpc) is 2.90. The van der Waals surface area contributed by atoms with E-state index >= 15 is 0 Å².